The van der Waals surface area contributed by atoms with E-state index in [1.807, 2.05) is 18.2 Å². The summed E-state index contributed by atoms with van der Waals surface area (Å²) in [5.74, 6) is -0.0821. The monoisotopic (exact) mass is 302 g/mol. The van der Waals surface area contributed by atoms with Crippen molar-refractivity contribution >= 4 is 23.2 Å². The van der Waals surface area contributed by atoms with Gasteiger partial charge < -0.3 is 5.32 Å². The zero-order valence-corrected chi connectivity index (χ0v) is 12.0. The van der Waals surface area contributed by atoms with Crippen LogP contribution in [0.5, 0.6) is 0 Å². The Labute approximate surface area is 127 Å². The number of aromatic nitrogens is 1. The van der Waals surface area contributed by atoms with Crippen molar-refractivity contribution in [2.75, 3.05) is 5.32 Å². The summed E-state index contributed by atoms with van der Waals surface area (Å²) in [4.78, 5) is 16.2. The standard InChI is InChI=1S/C15H15ClN4O/c16-11-2-1-3-12(8-11)18-15(21)14-9-13(19-20-14)10-4-6-17-7-5-10/h1-8,13-14,19-20H,9H2,(H,18,21). The summed E-state index contributed by atoms with van der Waals surface area (Å²) in [5.41, 5.74) is 7.96. The van der Waals surface area contributed by atoms with Crippen molar-refractivity contribution in [3.05, 3.63) is 59.4 Å². The molecule has 0 radical (unpaired) electrons. The second kappa shape index (κ2) is 6.22. The zero-order chi connectivity index (χ0) is 14.7. The lowest BCUT2D eigenvalue weighted by atomic mass is 10.0. The van der Waals surface area contributed by atoms with Crippen molar-refractivity contribution < 1.29 is 4.79 Å². The number of rotatable bonds is 3. The lowest BCUT2D eigenvalue weighted by Crippen LogP contribution is -2.39. The maximum absolute atomic E-state index is 12.2. The van der Waals surface area contributed by atoms with Gasteiger partial charge in [-0.1, -0.05) is 17.7 Å². The third kappa shape index (κ3) is 3.39. The molecule has 0 aliphatic carbocycles. The molecule has 2 aromatic rings. The third-order valence-electron chi connectivity index (χ3n) is 3.42. The van der Waals surface area contributed by atoms with Gasteiger partial charge in [-0.15, -0.1) is 0 Å². The Morgan fingerprint density at radius 3 is 2.81 bits per heavy atom. The molecule has 1 aromatic heterocycles. The summed E-state index contributed by atoms with van der Waals surface area (Å²) < 4.78 is 0. The van der Waals surface area contributed by atoms with Gasteiger partial charge in [-0.2, -0.15) is 0 Å². The first-order chi connectivity index (χ1) is 10.2. The number of benzene rings is 1. The number of halogens is 1. The Kier molecular flexibility index (Phi) is 4.15. The first-order valence-electron chi connectivity index (χ1n) is 6.70. The average Bonchev–Trinajstić information content (AvgIpc) is 2.98. The van der Waals surface area contributed by atoms with Crippen molar-refractivity contribution in [1.29, 1.82) is 0 Å². The molecule has 1 aliphatic rings. The molecule has 21 heavy (non-hydrogen) atoms. The average molecular weight is 303 g/mol. The highest BCUT2D eigenvalue weighted by Gasteiger charge is 2.30. The van der Waals surface area contributed by atoms with Crippen LogP contribution in [-0.2, 0) is 4.79 Å². The van der Waals surface area contributed by atoms with Crippen LogP contribution in [0.1, 0.15) is 18.0 Å². The summed E-state index contributed by atoms with van der Waals surface area (Å²) in [6.45, 7) is 0. The number of nitrogens with zero attached hydrogens (tertiary/aromatic N) is 1. The van der Waals surface area contributed by atoms with Gasteiger partial charge in [0.15, 0.2) is 0 Å². The molecule has 3 N–H and O–H groups in total. The normalized spacial score (nSPS) is 21.2. The Balaban J connectivity index is 1.62. The lowest BCUT2D eigenvalue weighted by Gasteiger charge is -2.11. The van der Waals surface area contributed by atoms with E-state index in [-0.39, 0.29) is 18.0 Å². The topological polar surface area (TPSA) is 66.0 Å². The van der Waals surface area contributed by atoms with Crippen LogP contribution < -0.4 is 16.2 Å². The first kappa shape index (κ1) is 14.0. The van der Waals surface area contributed by atoms with E-state index in [4.69, 9.17) is 11.6 Å². The van der Waals surface area contributed by atoms with E-state index >= 15 is 0 Å². The molecule has 1 aliphatic heterocycles. The summed E-state index contributed by atoms with van der Waals surface area (Å²) in [7, 11) is 0. The fourth-order valence-electron chi connectivity index (χ4n) is 2.34. The molecule has 2 unspecified atom stereocenters. The Morgan fingerprint density at radius 2 is 2.05 bits per heavy atom. The first-order valence-corrected chi connectivity index (χ1v) is 7.07. The van der Waals surface area contributed by atoms with Gasteiger partial charge in [-0.05, 0) is 42.3 Å². The van der Waals surface area contributed by atoms with E-state index in [2.05, 4.69) is 21.2 Å². The van der Waals surface area contributed by atoms with Crippen molar-refractivity contribution in [2.45, 2.75) is 18.5 Å². The molecule has 0 spiro atoms. The largest absolute Gasteiger partial charge is 0.325 e. The van der Waals surface area contributed by atoms with Gasteiger partial charge in [0.2, 0.25) is 5.91 Å². The van der Waals surface area contributed by atoms with Crippen LogP contribution in [0.25, 0.3) is 0 Å². The van der Waals surface area contributed by atoms with E-state index < -0.39 is 0 Å². The van der Waals surface area contributed by atoms with Crippen LogP contribution in [0.3, 0.4) is 0 Å². The molecule has 3 rings (SSSR count). The van der Waals surface area contributed by atoms with Gasteiger partial charge in [-0.3, -0.25) is 9.78 Å². The van der Waals surface area contributed by atoms with Gasteiger partial charge >= 0.3 is 0 Å². The second-order valence-electron chi connectivity index (χ2n) is 4.91. The van der Waals surface area contributed by atoms with Gasteiger partial charge in [0.25, 0.3) is 0 Å². The number of nitrogens with one attached hydrogen (secondary N) is 3. The molecule has 1 aromatic carbocycles. The molecule has 0 bridgehead atoms. The van der Waals surface area contributed by atoms with Crippen molar-refractivity contribution in [1.82, 2.24) is 15.8 Å². The molecular formula is C15H15ClN4O. The molecule has 6 heteroatoms. The summed E-state index contributed by atoms with van der Waals surface area (Å²) in [6.07, 6.45) is 4.17. The smallest absolute Gasteiger partial charge is 0.242 e. The van der Waals surface area contributed by atoms with Crippen LogP contribution in [0, 0.1) is 0 Å². The Hall–Kier alpha value is -1.95. The van der Waals surface area contributed by atoms with Crippen LogP contribution in [0.4, 0.5) is 5.69 Å². The SMILES string of the molecule is O=C(Nc1cccc(Cl)c1)C1CC(c2ccncc2)NN1. The van der Waals surface area contributed by atoms with Crippen LogP contribution >= 0.6 is 11.6 Å². The minimum absolute atomic E-state index is 0.0821. The molecule has 2 atom stereocenters. The van der Waals surface area contributed by atoms with Crippen molar-refractivity contribution in [3.8, 4) is 0 Å². The van der Waals surface area contributed by atoms with Crippen LogP contribution in [-0.4, -0.2) is 16.9 Å². The van der Waals surface area contributed by atoms with Gasteiger partial charge in [0.1, 0.15) is 6.04 Å². The fraction of sp³-hybridized carbons (Fsp3) is 0.200. The van der Waals surface area contributed by atoms with Crippen LogP contribution in [0.2, 0.25) is 5.02 Å². The number of anilines is 1. The van der Waals surface area contributed by atoms with Crippen molar-refractivity contribution in [2.24, 2.45) is 0 Å². The number of amides is 1. The minimum Gasteiger partial charge on any atom is -0.325 e. The predicted octanol–water partition coefficient (Wildman–Crippen LogP) is 2.28. The molecule has 0 saturated carbocycles. The van der Waals surface area contributed by atoms with E-state index in [0.29, 0.717) is 17.1 Å². The fourth-order valence-corrected chi connectivity index (χ4v) is 2.53. The molecule has 5 nitrogen and oxygen atoms in total. The molecular weight excluding hydrogens is 288 g/mol. The molecule has 1 fully saturated rings. The van der Waals surface area contributed by atoms with E-state index in [0.717, 1.165) is 5.56 Å². The maximum Gasteiger partial charge on any atom is 0.242 e. The Bertz CT molecular complexity index is 635. The van der Waals surface area contributed by atoms with E-state index in [9.17, 15) is 4.79 Å². The number of carbonyl (C=O) groups is 1. The second-order valence-corrected chi connectivity index (χ2v) is 5.35. The van der Waals surface area contributed by atoms with Gasteiger partial charge in [0, 0.05) is 29.1 Å². The highest BCUT2D eigenvalue weighted by Crippen LogP contribution is 2.22. The number of hydrogen-bond acceptors (Lipinski definition) is 4. The molecule has 2 heterocycles. The van der Waals surface area contributed by atoms with E-state index in [1.165, 1.54) is 0 Å². The summed E-state index contributed by atoms with van der Waals surface area (Å²) in [6, 6.07) is 10.8. The highest BCUT2D eigenvalue weighted by atomic mass is 35.5. The predicted molar refractivity (Wildman–Crippen MR) is 81.7 cm³/mol. The molecule has 108 valence electrons. The quantitative estimate of drug-likeness (QED) is 0.814. The van der Waals surface area contributed by atoms with Gasteiger partial charge in [0.05, 0.1) is 0 Å². The minimum atomic E-state index is -0.290. The molecule has 1 amide bonds. The van der Waals surface area contributed by atoms with E-state index in [1.54, 1.807) is 30.6 Å². The molecule has 1 saturated heterocycles. The van der Waals surface area contributed by atoms with Crippen LogP contribution in [0.15, 0.2) is 48.8 Å². The number of carbonyl (C=O) groups excluding carboxylic acids is 1. The van der Waals surface area contributed by atoms with Gasteiger partial charge in [-0.25, -0.2) is 10.9 Å². The zero-order valence-electron chi connectivity index (χ0n) is 11.2. The third-order valence-corrected chi connectivity index (χ3v) is 3.66. The highest BCUT2D eigenvalue weighted by molar-refractivity contribution is 6.30. The summed E-state index contributed by atoms with van der Waals surface area (Å²) >= 11 is 5.91. The Morgan fingerprint density at radius 1 is 1.24 bits per heavy atom. The van der Waals surface area contributed by atoms with Crippen molar-refractivity contribution in [3.63, 3.8) is 0 Å². The maximum atomic E-state index is 12.2. The number of hydrogen-bond donors (Lipinski definition) is 3. The summed E-state index contributed by atoms with van der Waals surface area (Å²) in [5, 5.41) is 3.46. The number of hydrazine groups is 1. The number of pyridine rings is 1. The lowest BCUT2D eigenvalue weighted by molar-refractivity contribution is -0.117.